The molecule has 5 aromatic rings. The highest BCUT2D eigenvalue weighted by Gasteiger charge is 2.24. The molecule has 1 N–H and O–H groups in total. The van der Waals surface area contributed by atoms with E-state index in [1.807, 2.05) is 99.9 Å². The van der Waals surface area contributed by atoms with Crippen LogP contribution >= 0.6 is 0 Å². The van der Waals surface area contributed by atoms with Gasteiger partial charge in [-0.3, -0.25) is 9.59 Å². The number of likely N-dealkylation sites (N-methyl/N-ethyl adjacent to an activating group) is 2. The predicted octanol–water partition coefficient (Wildman–Crippen LogP) is 6.01. The number of Topliss-reactive ketones (excluding diaryl/α,β-unsaturated/α-hetero) is 1. The largest absolute Gasteiger partial charge is 0.373 e. The number of anilines is 3. The number of hydrogen-bond acceptors (Lipinski definition) is 5. The molecule has 0 aliphatic heterocycles. The molecule has 0 bridgehead atoms. The maximum Gasteiger partial charge on any atom is 0.298 e. The van der Waals surface area contributed by atoms with Crippen LogP contribution in [0.3, 0.4) is 0 Å². The smallest absolute Gasteiger partial charge is 0.298 e. The number of carbonyl (C=O) groups excluding carboxylic acids is 2. The van der Waals surface area contributed by atoms with E-state index >= 15 is 0 Å². The Hall–Kier alpha value is -4.91. The van der Waals surface area contributed by atoms with Crippen LogP contribution in [0.25, 0.3) is 16.6 Å². The van der Waals surface area contributed by atoms with Crippen LogP contribution < -0.4 is 15.1 Å². The molecular formula is C33H33N5O2. The van der Waals surface area contributed by atoms with Gasteiger partial charge >= 0.3 is 0 Å². The average Bonchev–Trinajstić information content (AvgIpc) is 3.35. The summed E-state index contributed by atoms with van der Waals surface area (Å²) >= 11 is 0. The Kier molecular flexibility index (Phi) is 7.64. The van der Waals surface area contributed by atoms with E-state index < -0.39 is 11.7 Å². The molecule has 3 heterocycles. The van der Waals surface area contributed by atoms with Crippen molar-refractivity contribution in [2.45, 2.75) is 13.8 Å². The summed E-state index contributed by atoms with van der Waals surface area (Å²) in [7, 11) is 4.07. The van der Waals surface area contributed by atoms with Crippen molar-refractivity contribution in [2.75, 3.05) is 42.3 Å². The van der Waals surface area contributed by atoms with Crippen LogP contribution in [0.4, 0.5) is 17.2 Å². The molecule has 0 aliphatic carbocycles. The van der Waals surface area contributed by atoms with Crippen molar-refractivity contribution < 1.29 is 9.59 Å². The molecular weight excluding hydrogens is 498 g/mol. The highest BCUT2D eigenvalue weighted by atomic mass is 16.2. The molecule has 0 atom stereocenters. The molecule has 0 saturated heterocycles. The zero-order valence-corrected chi connectivity index (χ0v) is 23.3. The first-order chi connectivity index (χ1) is 19.3. The summed E-state index contributed by atoms with van der Waals surface area (Å²) in [6.07, 6.45) is 1.81. The molecule has 0 fully saturated rings. The number of hydrogen-bond donors (Lipinski definition) is 1. The van der Waals surface area contributed by atoms with E-state index in [2.05, 4.69) is 39.2 Å². The minimum absolute atomic E-state index is 0.345. The second-order valence-electron chi connectivity index (χ2n) is 10.1. The van der Waals surface area contributed by atoms with Crippen LogP contribution in [0.2, 0.25) is 0 Å². The van der Waals surface area contributed by atoms with E-state index in [0.29, 0.717) is 11.4 Å². The first kappa shape index (κ1) is 26.7. The lowest BCUT2D eigenvalue weighted by molar-refractivity contribution is -0.112. The maximum absolute atomic E-state index is 13.5. The van der Waals surface area contributed by atoms with Gasteiger partial charge in [-0.15, -0.1) is 0 Å². The van der Waals surface area contributed by atoms with E-state index in [1.54, 1.807) is 10.6 Å². The zero-order chi connectivity index (χ0) is 28.2. The van der Waals surface area contributed by atoms with E-state index in [1.165, 1.54) is 5.56 Å². The summed E-state index contributed by atoms with van der Waals surface area (Å²) in [5.74, 6) is -0.307. The number of carbonyl (C=O) groups is 2. The van der Waals surface area contributed by atoms with Gasteiger partial charge in [-0.2, -0.15) is 0 Å². The van der Waals surface area contributed by atoms with Crippen LogP contribution in [0.15, 0.2) is 97.2 Å². The molecule has 0 saturated carbocycles. The van der Waals surface area contributed by atoms with Crippen LogP contribution in [0.5, 0.6) is 0 Å². The Morgan fingerprint density at radius 3 is 2.25 bits per heavy atom. The molecule has 7 heteroatoms. The molecule has 0 aliphatic rings. The average molecular weight is 532 g/mol. The summed E-state index contributed by atoms with van der Waals surface area (Å²) < 4.78 is 1.77. The number of rotatable bonds is 9. The van der Waals surface area contributed by atoms with Gasteiger partial charge in [0.15, 0.2) is 0 Å². The SMILES string of the molecule is Cc1cc(C)nc(N(C)CCN(C)c2ccc(NC(=O)C(=O)c3c(-c4ccccc4)cc4ccccn34)cc2)c1. The highest BCUT2D eigenvalue weighted by Crippen LogP contribution is 2.28. The van der Waals surface area contributed by atoms with Crippen molar-refractivity contribution in [2.24, 2.45) is 0 Å². The Bertz CT molecular complexity index is 1640. The quantitative estimate of drug-likeness (QED) is 0.186. The first-order valence-electron chi connectivity index (χ1n) is 13.3. The first-order valence-corrected chi connectivity index (χ1v) is 13.3. The van der Waals surface area contributed by atoms with Gasteiger partial charge in [0.05, 0.1) is 0 Å². The third kappa shape index (κ3) is 5.73. The van der Waals surface area contributed by atoms with Crippen molar-refractivity contribution in [3.8, 4) is 11.1 Å². The molecule has 7 nitrogen and oxygen atoms in total. The number of aryl methyl sites for hydroxylation is 2. The topological polar surface area (TPSA) is 70.0 Å². The van der Waals surface area contributed by atoms with Gasteiger partial charge in [0.25, 0.3) is 11.7 Å². The number of aromatic nitrogens is 2. The van der Waals surface area contributed by atoms with Gasteiger partial charge in [-0.25, -0.2) is 4.98 Å². The van der Waals surface area contributed by atoms with Crippen molar-refractivity contribution in [1.82, 2.24) is 9.38 Å². The third-order valence-corrected chi connectivity index (χ3v) is 7.00. The number of nitrogens with zero attached hydrogens (tertiary/aromatic N) is 4. The minimum Gasteiger partial charge on any atom is -0.373 e. The molecule has 2 aromatic carbocycles. The van der Waals surface area contributed by atoms with Crippen molar-refractivity contribution in [3.63, 3.8) is 0 Å². The Balaban J connectivity index is 1.26. The van der Waals surface area contributed by atoms with E-state index in [-0.39, 0.29) is 0 Å². The molecule has 3 aromatic heterocycles. The Labute approximate surface area is 234 Å². The van der Waals surface area contributed by atoms with Crippen LogP contribution in [0, 0.1) is 13.8 Å². The fourth-order valence-corrected chi connectivity index (χ4v) is 4.85. The van der Waals surface area contributed by atoms with Gasteiger partial charge in [0.1, 0.15) is 11.5 Å². The Morgan fingerprint density at radius 2 is 1.52 bits per heavy atom. The van der Waals surface area contributed by atoms with E-state index in [4.69, 9.17) is 0 Å². The number of benzene rings is 2. The van der Waals surface area contributed by atoms with Crippen LogP contribution in [-0.4, -0.2) is 48.3 Å². The lowest BCUT2D eigenvalue weighted by Gasteiger charge is -2.25. The van der Waals surface area contributed by atoms with Crippen molar-refractivity contribution >= 4 is 34.4 Å². The molecule has 0 radical (unpaired) electrons. The molecule has 40 heavy (non-hydrogen) atoms. The maximum atomic E-state index is 13.5. The van der Waals surface area contributed by atoms with Crippen molar-refractivity contribution in [1.29, 1.82) is 0 Å². The lowest BCUT2D eigenvalue weighted by atomic mass is 10.0. The van der Waals surface area contributed by atoms with Crippen molar-refractivity contribution in [3.05, 3.63) is 114 Å². The second-order valence-corrected chi connectivity index (χ2v) is 10.1. The normalized spacial score (nSPS) is 10.9. The monoisotopic (exact) mass is 531 g/mol. The Morgan fingerprint density at radius 1 is 0.825 bits per heavy atom. The fourth-order valence-electron chi connectivity index (χ4n) is 4.85. The molecule has 0 spiro atoms. The number of pyridine rings is 2. The van der Waals surface area contributed by atoms with Gasteiger partial charge < -0.3 is 19.5 Å². The summed E-state index contributed by atoms with van der Waals surface area (Å²) in [6, 6.07) is 28.9. The molecule has 202 valence electrons. The number of amides is 1. The second kappa shape index (κ2) is 11.5. The van der Waals surface area contributed by atoms with Gasteiger partial charge in [0, 0.05) is 61.5 Å². The number of ketones is 1. The fraction of sp³-hybridized carbons (Fsp3) is 0.182. The van der Waals surface area contributed by atoms with Crippen LogP contribution in [0.1, 0.15) is 21.7 Å². The zero-order valence-electron chi connectivity index (χ0n) is 23.3. The molecule has 5 rings (SSSR count). The predicted molar refractivity (Wildman–Crippen MR) is 162 cm³/mol. The van der Waals surface area contributed by atoms with E-state index in [9.17, 15) is 9.59 Å². The number of fused-ring (bicyclic) bond motifs is 1. The number of nitrogens with one attached hydrogen (secondary N) is 1. The summed E-state index contributed by atoms with van der Waals surface area (Å²) in [5, 5.41) is 2.78. The summed E-state index contributed by atoms with van der Waals surface area (Å²) in [6.45, 7) is 5.68. The minimum atomic E-state index is -0.676. The van der Waals surface area contributed by atoms with Gasteiger partial charge in [0.2, 0.25) is 0 Å². The van der Waals surface area contributed by atoms with Gasteiger partial charge in [-0.1, -0.05) is 36.4 Å². The third-order valence-electron chi connectivity index (χ3n) is 7.00. The lowest BCUT2D eigenvalue weighted by Crippen LogP contribution is -2.31. The molecule has 1 amide bonds. The highest BCUT2D eigenvalue weighted by molar-refractivity contribution is 6.47. The van der Waals surface area contributed by atoms with Gasteiger partial charge in [-0.05, 0) is 79.6 Å². The van der Waals surface area contributed by atoms with E-state index in [0.717, 1.165) is 46.9 Å². The summed E-state index contributed by atoms with van der Waals surface area (Å²) in [4.78, 5) is 35.5. The summed E-state index contributed by atoms with van der Waals surface area (Å²) in [5.41, 5.74) is 6.58. The molecule has 0 unspecified atom stereocenters. The van der Waals surface area contributed by atoms with Crippen LogP contribution in [-0.2, 0) is 4.79 Å². The standard InChI is InChI=1S/C33H33N5O2/c1-23-20-24(2)34-30(21-23)37(4)19-18-36(3)27-15-13-26(14-16-27)35-33(40)32(39)31-29(25-10-6-5-7-11-25)22-28-12-8-9-17-38(28)31/h5-17,20-22H,18-19H2,1-4H3,(H,35,40).